The molecule has 30 heavy (non-hydrogen) atoms. The molecule has 0 aliphatic carbocycles. The summed E-state index contributed by atoms with van der Waals surface area (Å²) >= 11 is 0. The molecule has 0 radical (unpaired) electrons. The van der Waals surface area contributed by atoms with Gasteiger partial charge in [-0.1, -0.05) is 19.9 Å². The molecule has 168 valence electrons. The zero-order valence-corrected chi connectivity index (χ0v) is 18.1. The van der Waals surface area contributed by atoms with Crippen molar-refractivity contribution in [2.75, 3.05) is 32.2 Å². The number of imide groups is 1. The monoisotopic (exact) mass is 445 g/mol. The van der Waals surface area contributed by atoms with E-state index in [2.05, 4.69) is 10.0 Å². The van der Waals surface area contributed by atoms with Gasteiger partial charge in [0.15, 0.2) is 11.6 Å². The molecular weight excluding hydrogens is 417 g/mol. The lowest BCUT2D eigenvalue weighted by Crippen LogP contribution is -2.31. The van der Waals surface area contributed by atoms with Crippen molar-refractivity contribution in [2.24, 2.45) is 5.92 Å². The quantitative estimate of drug-likeness (QED) is 0.374. The van der Waals surface area contributed by atoms with E-state index in [4.69, 9.17) is 9.47 Å². The van der Waals surface area contributed by atoms with Crippen LogP contribution in [0.25, 0.3) is 0 Å². The van der Waals surface area contributed by atoms with Gasteiger partial charge in [0.2, 0.25) is 15.9 Å². The van der Waals surface area contributed by atoms with Crippen LogP contribution in [0.15, 0.2) is 18.2 Å². The van der Waals surface area contributed by atoms with Crippen LogP contribution in [-0.2, 0) is 19.6 Å². The first-order valence-corrected chi connectivity index (χ1v) is 11.3. The summed E-state index contributed by atoms with van der Waals surface area (Å²) in [7, 11) is -3.61. The molecule has 2 N–H and O–H groups in total. The first kappa shape index (κ1) is 24.0. The number of sulfonamides is 1. The molecule has 3 amide bonds. The van der Waals surface area contributed by atoms with E-state index in [1.165, 1.54) is 23.1 Å². The summed E-state index contributed by atoms with van der Waals surface area (Å²) in [5.74, 6) is -0.764. The van der Waals surface area contributed by atoms with Crippen LogP contribution in [0.3, 0.4) is 0 Å². The molecule has 1 atom stereocenters. The minimum absolute atomic E-state index is 0.0727. The van der Waals surface area contributed by atoms with Crippen molar-refractivity contribution < 1.29 is 31.9 Å². The molecule has 1 fully saturated rings. The Hall–Kier alpha value is -2.24. The van der Waals surface area contributed by atoms with Crippen molar-refractivity contribution in [1.29, 1.82) is 0 Å². The summed E-state index contributed by atoms with van der Waals surface area (Å²) in [4.78, 5) is 23.6. The highest BCUT2D eigenvalue weighted by Gasteiger charge is 2.26. The number of carbonyl (C=O) groups is 2. The van der Waals surface area contributed by atoms with Crippen molar-refractivity contribution >= 4 is 22.0 Å². The number of hydrogen-bond acceptors (Lipinski definition) is 6. The average molecular weight is 446 g/mol. The predicted octanol–water partition coefficient (Wildman–Crippen LogP) is 1.76. The fourth-order valence-corrected chi connectivity index (χ4v) is 3.96. The van der Waals surface area contributed by atoms with Crippen molar-refractivity contribution in [3.8, 4) is 5.75 Å². The summed E-state index contributed by atoms with van der Waals surface area (Å²) in [6.07, 6.45) is 0.206. The van der Waals surface area contributed by atoms with E-state index >= 15 is 0 Å². The molecule has 2 rings (SSSR count). The Morgan fingerprint density at radius 2 is 2.00 bits per heavy atom. The van der Waals surface area contributed by atoms with E-state index < -0.39 is 33.8 Å². The molecule has 9 nitrogen and oxygen atoms in total. The summed E-state index contributed by atoms with van der Waals surface area (Å²) < 4.78 is 51.8. The van der Waals surface area contributed by atoms with Crippen LogP contribution in [0.2, 0.25) is 0 Å². The van der Waals surface area contributed by atoms with Crippen molar-refractivity contribution in [2.45, 2.75) is 33.2 Å². The van der Waals surface area contributed by atoms with Crippen molar-refractivity contribution in [3.63, 3.8) is 0 Å². The summed E-state index contributed by atoms with van der Waals surface area (Å²) in [5, 5.41) is 2.12. The standard InChI is InChI=1S/C19H28FN3O6S/c1-13(2)11-29-17-9-15(5-6-16(17)20)14(3)22-30(26,27)8-4-7-28-12-23-10-18(24)21-19(23)25/h5-6,9,13-14,22H,4,7-8,10-12H2,1-3H3,(H,21,24,25)/t14-/m1/s1. The van der Waals surface area contributed by atoms with E-state index in [9.17, 15) is 22.4 Å². The lowest BCUT2D eigenvalue weighted by atomic mass is 10.1. The van der Waals surface area contributed by atoms with Crippen LogP contribution in [0.1, 0.15) is 38.8 Å². The van der Waals surface area contributed by atoms with Gasteiger partial charge < -0.3 is 9.47 Å². The number of nitrogens with zero attached hydrogens (tertiary/aromatic N) is 1. The highest BCUT2D eigenvalue weighted by Crippen LogP contribution is 2.24. The molecule has 1 heterocycles. The van der Waals surface area contributed by atoms with Crippen LogP contribution in [-0.4, -0.2) is 57.5 Å². The van der Waals surface area contributed by atoms with Gasteiger partial charge in [-0.2, -0.15) is 0 Å². The average Bonchev–Trinajstić information content (AvgIpc) is 2.97. The normalized spacial score (nSPS) is 15.6. The second-order valence-electron chi connectivity index (χ2n) is 7.50. The van der Waals surface area contributed by atoms with Gasteiger partial charge in [-0.25, -0.2) is 22.3 Å². The zero-order chi connectivity index (χ0) is 22.3. The van der Waals surface area contributed by atoms with Gasteiger partial charge in [0, 0.05) is 12.6 Å². The molecule has 1 aromatic carbocycles. The fraction of sp³-hybridized carbons (Fsp3) is 0.579. The maximum absolute atomic E-state index is 13.9. The molecule has 0 aromatic heterocycles. The first-order valence-electron chi connectivity index (χ1n) is 9.66. The number of benzene rings is 1. The topological polar surface area (TPSA) is 114 Å². The van der Waals surface area contributed by atoms with E-state index in [0.29, 0.717) is 12.2 Å². The number of rotatable bonds is 12. The molecule has 1 saturated heterocycles. The molecule has 0 spiro atoms. The SMILES string of the molecule is CC(C)COc1cc([C@@H](C)NS(=O)(=O)CCCOCN2CC(=O)NC2=O)ccc1F. The molecule has 11 heteroatoms. The number of nitrogens with one attached hydrogen (secondary N) is 2. The van der Waals surface area contributed by atoms with Gasteiger partial charge in [-0.3, -0.25) is 15.0 Å². The van der Waals surface area contributed by atoms with Gasteiger partial charge in [-0.05, 0) is 37.0 Å². The second kappa shape index (κ2) is 10.7. The number of hydrogen-bond donors (Lipinski definition) is 2. The van der Waals surface area contributed by atoms with Crippen molar-refractivity contribution in [1.82, 2.24) is 14.9 Å². The van der Waals surface area contributed by atoms with E-state index in [0.717, 1.165) is 0 Å². The highest BCUT2D eigenvalue weighted by molar-refractivity contribution is 7.89. The molecule has 1 aliphatic heterocycles. The third kappa shape index (κ3) is 7.54. The summed E-state index contributed by atoms with van der Waals surface area (Å²) in [5.41, 5.74) is 0.583. The maximum atomic E-state index is 13.9. The van der Waals surface area contributed by atoms with Gasteiger partial charge in [0.1, 0.15) is 13.3 Å². The molecule has 0 saturated carbocycles. The van der Waals surface area contributed by atoms with Gasteiger partial charge in [0.05, 0.1) is 12.4 Å². The molecule has 0 bridgehead atoms. The van der Waals surface area contributed by atoms with Crippen molar-refractivity contribution in [3.05, 3.63) is 29.6 Å². The van der Waals surface area contributed by atoms with Gasteiger partial charge in [-0.15, -0.1) is 0 Å². The highest BCUT2D eigenvalue weighted by atomic mass is 32.2. The Bertz CT molecular complexity index is 862. The Morgan fingerprint density at radius 1 is 1.27 bits per heavy atom. The first-order chi connectivity index (χ1) is 14.1. The Kier molecular flexibility index (Phi) is 8.56. The smallest absolute Gasteiger partial charge is 0.326 e. The van der Waals surface area contributed by atoms with Gasteiger partial charge in [0.25, 0.3) is 0 Å². The van der Waals surface area contributed by atoms with E-state index in [1.807, 2.05) is 13.8 Å². The molecular formula is C19H28FN3O6S. The number of ether oxygens (including phenoxy) is 2. The number of halogens is 1. The Morgan fingerprint density at radius 3 is 2.63 bits per heavy atom. The third-order valence-electron chi connectivity index (χ3n) is 4.20. The van der Waals surface area contributed by atoms with Crippen LogP contribution in [0, 0.1) is 11.7 Å². The van der Waals surface area contributed by atoms with E-state index in [1.54, 1.807) is 6.92 Å². The van der Waals surface area contributed by atoms with E-state index in [-0.39, 0.29) is 43.7 Å². The third-order valence-corrected chi connectivity index (χ3v) is 5.74. The number of carbonyl (C=O) groups excluding carboxylic acids is 2. The predicted molar refractivity (Wildman–Crippen MR) is 108 cm³/mol. The summed E-state index contributed by atoms with van der Waals surface area (Å²) in [6, 6.07) is 3.16. The minimum atomic E-state index is -3.61. The van der Waals surface area contributed by atoms with Crippen LogP contribution in [0.5, 0.6) is 5.75 Å². The summed E-state index contributed by atoms with van der Waals surface area (Å²) in [6.45, 7) is 5.86. The number of urea groups is 1. The van der Waals surface area contributed by atoms with Crippen LogP contribution < -0.4 is 14.8 Å². The Labute approximate surface area is 176 Å². The molecule has 1 aromatic rings. The lowest BCUT2D eigenvalue weighted by Gasteiger charge is -2.17. The zero-order valence-electron chi connectivity index (χ0n) is 17.3. The van der Waals surface area contributed by atoms with Gasteiger partial charge >= 0.3 is 6.03 Å². The molecule has 0 unspecified atom stereocenters. The minimum Gasteiger partial charge on any atom is -0.490 e. The fourth-order valence-electron chi connectivity index (χ4n) is 2.67. The van der Waals surface area contributed by atoms with Crippen LogP contribution >= 0.6 is 0 Å². The maximum Gasteiger partial charge on any atom is 0.326 e. The lowest BCUT2D eigenvalue weighted by molar-refractivity contribution is -0.118. The number of amides is 3. The largest absolute Gasteiger partial charge is 0.490 e. The van der Waals surface area contributed by atoms with Crippen LogP contribution in [0.4, 0.5) is 9.18 Å². The second-order valence-corrected chi connectivity index (χ2v) is 9.37. The molecule has 1 aliphatic rings. The Balaban J connectivity index is 1.79.